The zero-order valence-electron chi connectivity index (χ0n) is 16.4. The molecule has 1 aliphatic heterocycles. The molecule has 9 nitrogen and oxygen atoms in total. The number of aryl methyl sites for hydroxylation is 1. The van der Waals surface area contributed by atoms with Crippen molar-refractivity contribution in [1.29, 1.82) is 0 Å². The van der Waals surface area contributed by atoms with Crippen LogP contribution in [0.25, 0.3) is 5.65 Å². The maximum absolute atomic E-state index is 13.1. The molecule has 15 heteroatoms. The van der Waals surface area contributed by atoms with Crippen LogP contribution in [0.3, 0.4) is 0 Å². The van der Waals surface area contributed by atoms with Gasteiger partial charge in [-0.15, -0.1) is 0 Å². The minimum atomic E-state index is -4.78. The van der Waals surface area contributed by atoms with Gasteiger partial charge in [0.2, 0.25) is 0 Å². The molecular formula is C17H16F6N8O. The molecule has 4 rings (SSSR count). The molecule has 0 aliphatic carbocycles. The number of amides is 1. The third kappa shape index (κ3) is 4.19. The van der Waals surface area contributed by atoms with E-state index in [-0.39, 0.29) is 36.7 Å². The fourth-order valence-corrected chi connectivity index (χ4v) is 3.35. The number of nitrogens with zero attached hydrogens (tertiary/aromatic N) is 6. The number of anilines is 2. The van der Waals surface area contributed by atoms with E-state index in [1.807, 2.05) is 0 Å². The number of piperazine rings is 1. The molecule has 1 fully saturated rings. The Kier molecular flexibility index (Phi) is 5.22. The number of fused-ring (bicyclic) bond motifs is 1. The van der Waals surface area contributed by atoms with Gasteiger partial charge in [0.1, 0.15) is 17.4 Å². The number of aromatic nitrogens is 5. The molecule has 1 unspecified atom stereocenters. The summed E-state index contributed by atoms with van der Waals surface area (Å²) in [5.74, 6) is -0.739. The van der Waals surface area contributed by atoms with Gasteiger partial charge in [-0.1, -0.05) is 0 Å². The third-order valence-corrected chi connectivity index (χ3v) is 4.84. The van der Waals surface area contributed by atoms with Crippen LogP contribution in [0.15, 0.2) is 24.7 Å². The lowest BCUT2D eigenvalue weighted by atomic mass is 10.2. The Bertz CT molecular complexity index is 1150. The van der Waals surface area contributed by atoms with Crippen LogP contribution in [0.4, 0.5) is 37.8 Å². The number of halogens is 6. The van der Waals surface area contributed by atoms with E-state index in [0.29, 0.717) is 0 Å². The molecule has 0 saturated carbocycles. The maximum atomic E-state index is 13.1. The average Bonchev–Trinajstić information content (AvgIpc) is 3.30. The van der Waals surface area contributed by atoms with E-state index >= 15 is 0 Å². The molecule has 4 heterocycles. The number of alkyl halides is 6. The summed E-state index contributed by atoms with van der Waals surface area (Å²) in [6, 6.07) is -0.295. The topological polar surface area (TPSA) is 92.4 Å². The summed E-state index contributed by atoms with van der Waals surface area (Å²) in [4.78, 5) is 18.3. The molecule has 3 aromatic heterocycles. The van der Waals surface area contributed by atoms with Crippen molar-refractivity contribution in [3.8, 4) is 0 Å². The van der Waals surface area contributed by atoms with Crippen LogP contribution < -0.4 is 15.5 Å². The van der Waals surface area contributed by atoms with Crippen molar-refractivity contribution in [3.05, 3.63) is 35.9 Å². The van der Waals surface area contributed by atoms with Crippen molar-refractivity contribution in [2.75, 3.05) is 29.9 Å². The van der Waals surface area contributed by atoms with E-state index in [0.717, 1.165) is 17.1 Å². The minimum Gasteiger partial charge on any atom is -0.353 e. The predicted octanol–water partition coefficient (Wildman–Crippen LogP) is 2.07. The molecule has 0 spiro atoms. The van der Waals surface area contributed by atoms with Gasteiger partial charge in [-0.2, -0.15) is 36.5 Å². The van der Waals surface area contributed by atoms with Gasteiger partial charge in [0.05, 0.1) is 11.9 Å². The quantitative estimate of drug-likeness (QED) is 0.580. The first kappa shape index (κ1) is 21.9. The van der Waals surface area contributed by atoms with Crippen molar-refractivity contribution in [2.24, 2.45) is 7.05 Å². The molecule has 1 saturated heterocycles. The molecule has 172 valence electrons. The maximum Gasteiger partial charge on any atom is 0.437 e. The van der Waals surface area contributed by atoms with Gasteiger partial charge in [-0.25, -0.2) is 9.50 Å². The molecule has 1 amide bonds. The largest absolute Gasteiger partial charge is 0.437 e. The molecule has 0 radical (unpaired) electrons. The van der Waals surface area contributed by atoms with Crippen LogP contribution in [0.2, 0.25) is 0 Å². The second kappa shape index (κ2) is 7.65. The Morgan fingerprint density at radius 2 is 2.00 bits per heavy atom. The fraction of sp³-hybridized carbons (Fsp3) is 0.412. The molecule has 1 atom stereocenters. The van der Waals surface area contributed by atoms with Gasteiger partial charge in [0.15, 0.2) is 11.3 Å². The number of rotatable bonds is 3. The highest BCUT2D eigenvalue weighted by molar-refractivity contribution is 6.08. The highest BCUT2D eigenvalue weighted by Crippen LogP contribution is 2.33. The van der Waals surface area contributed by atoms with Crippen molar-refractivity contribution in [2.45, 2.75) is 18.4 Å². The Labute approximate surface area is 176 Å². The van der Waals surface area contributed by atoms with E-state index in [1.54, 1.807) is 0 Å². The van der Waals surface area contributed by atoms with Crippen LogP contribution in [0.1, 0.15) is 16.1 Å². The van der Waals surface area contributed by atoms with Crippen molar-refractivity contribution >= 4 is 23.1 Å². The van der Waals surface area contributed by atoms with E-state index < -0.39 is 35.7 Å². The first-order chi connectivity index (χ1) is 14.9. The van der Waals surface area contributed by atoms with Gasteiger partial charge in [0.25, 0.3) is 5.91 Å². The second-order valence-corrected chi connectivity index (χ2v) is 7.12. The summed E-state index contributed by atoms with van der Waals surface area (Å²) >= 11 is 0. The Balaban J connectivity index is 1.62. The van der Waals surface area contributed by atoms with E-state index in [1.165, 1.54) is 28.7 Å². The lowest BCUT2D eigenvalue weighted by molar-refractivity contribution is -0.155. The van der Waals surface area contributed by atoms with E-state index in [4.69, 9.17) is 0 Å². The molecule has 1 aliphatic rings. The average molecular weight is 462 g/mol. The number of hydrogen-bond donors (Lipinski definition) is 2. The summed E-state index contributed by atoms with van der Waals surface area (Å²) in [5.41, 5.74) is -1.97. The summed E-state index contributed by atoms with van der Waals surface area (Å²) in [6.07, 6.45) is -5.70. The molecule has 0 bridgehead atoms. The van der Waals surface area contributed by atoms with Gasteiger partial charge in [-0.05, 0) is 6.07 Å². The van der Waals surface area contributed by atoms with Gasteiger partial charge >= 0.3 is 12.4 Å². The molecule has 2 N–H and O–H groups in total. The van der Waals surface area contributed by atoms with Crippen molar-refractivity contribution < 1.29 is 31.1 Å². The minimum absolute atomic E-state index is 0.0143. The smallest absolute Gasteiger partial charge is 0.353 e. The summed E-state index contributed by atoms with van der Waals surface area (Å²) in [5, 5.41) is 11.8. The normalized spacial score (nSPS) is 17.7. The first-order valence-corrected chi connectivity index (χ1v) is 9.25. The third-order valence-electron chi connectivity index (χ3n) is 4.84. The van der Waals surface area contributed by atoms with E-state index in [9.17, 15) is 31.1 Å². The van der Waals surface area contributed by atoms with Gasteiger partial charge < -0.3 is 15.5 Å². The summed E-state index contributed by atoms with van der Waals surface area (Å²) in [7, 11) is 1.27. The zero-order chi connectivity index (χ0) is 23.3. The highest BCUT2D eigenvalue weighted by atomic mass is 19.4. The van der Waals surface area contributed by atoms with E-state index in [2.05, 4.69) is 25.8 Å². The number of nitrogens with one attached hydrogen (secondary N) is 2. The summed E-state index contributed by atoms with van der Waals surface area (Å²) in [6.45, 7) is -0.0616. The lowest BCUT2D eigenvalue weighted by Crippen LogP contribution is -2.57. The summed E-state index contributed by atoms with van der Waals surface area (Å²) < 4.78 is 80.7. The van der Waals surface area contributed by atoms with Crippen LogP contribution in [0, 0.1) is 0 Å². The molecule has 0 aromatic carbocycles. The Morgan fingerprint density at radius 3 is 2.69 bits per heavy atom. The fourth-order valence-electron chi connectivity index (χ4n) is 3.35. The monoisotopic (exact) mass is 462 g/mol. The number of carbonyl (C=O) groups is 1. The second-order valence-electron chi connectivity index (χ2n) is 7.12. The first-order valence-electron chi connectivity index (χ1n) is 9.25. The van der Waals surface area contributed by atoms with Crippen molar-refractivity contribution in [3.63, 3.8) is 0 Å². The predicted molar refractivity (Wildman–Crippen MR) is 99.2 cm³/mol. The van der Waals surface area contributed by atoms with Gasteiger partial charge in [-0.3, -0.25) is 9.48 Å². The number of carbonyl (C=O) groups excluding carboxylic acids is 1. The molecular weight excluding hydrogens is 446 g/mol. The zero-order valence-corrected chi connectivity index (χ0v) is 16.4. The molecule has 32 heavy (non-hydrogen) atoms. The van der Waals surface area contributed by atoms with Crippen LogP contribution in [0.5, 0.6) is 0 Å². The highest BCUT2D eigenvalue weighted by Gasteiger charge is 2.42. The molecule has 3 aromatic rings. The van der Waals surface area contributed by atoms with Crippen LogP contribution >= 0.6 is 0 Å². The lowest BCUT2D eigenvalue weighted by Gasteiger charge is -2.35. The SMILES string of the molecule is Cn1cc(NC(=O)c2cnn3ccc(N4CCNC(C(F)(F)F)C4)nc23)c(C(F)(F)F)n1. The Morgan fingerprint density at radius 1 is 1.25 bits per heavy atom. The van der Waals surface area contributed by atoms with Crippen molar-refractivity contribution in [1.82, 2.24) is 29.7 Å². The van der Waals surface area contributed by atoms with Crippen LogP contribution in [-0.4, -0.2) is 62.1 Å². The number of hydrogen-bond acceptors (Lipinski definition) is 6. The van der Waals surface area contributed by atoms with Gasteiger partial charge in [0, 0.05) is 39.1 Å². The Hall–Kier alpha value is -3.36. The van der Waals surface area contributed by atoms with Crippen LogP contribution in [-0.2, 0) is 13.2 Å². The standard InChI is InChI=1S/C17H16F6N8O/c1-29-7-10(13(28-29)17(21,22)23)26-15(32)9-6-25-31-4-2-12(27-14(9)31)30-5-3-24-11(8-30)16(18,19)20/h2,4,6-7,11,24H,3,5,8H2,1H3,(H,26,32).